The molecule has 0 aliphatic carbocycles. The van der Waals surface area contributed by atoms with Crippen molar-refractivity contribution >= 4 is 24.0 Å². The molecule has 1 rings (SSSR count). The smallest absolute Gasteiger partial charge is 0.238 e. The number of carbonyl (C=O) groups excluding carboxylic acids is 1. The Morgan fingerprint density at radius 1 is 1.50 bits per heavy atom. The second-order valence-electron chi connectivity index (χ2n) is 3.09. The summed E-state index contributed by atoms with van der Waals surface area (Å²) in [4.78, 5) is 11.0. The van der Waals surface area contributed by atoms with Crippen molar-refractivity contribution in [1.82, 2.24) is 0 Å². The molecule has 1 aromatic rings. The van der Waals surface area contributed by atoms with Gasteiger partial charge in [0.2, 0.25) is 5.91 Å². The lowest BCUT2D eigenvalue weighted by atomic mass is 10.2. The molecule has 0 spiro atoms. The molecular formula is C11H17ClN2O2. The van der Waals surface area contributed by atoms with Crippen molar-refractivity contribution < 1.29 is 9.53 Å². The normalized spacial score (nSPS) is 9.38. The third kappa shape index (κ3) is 5.11. The van der Waals surface area contributed by atoms with E-state index in [0.717, 1.165) is 11.3 Å². The minimum absolute atomic E-state index is 0. The summed E-state index contributed by atoms with van der Waals surface area (Å²) in [6.45, 7) is 3.18. The van der Waals surface area contributed by atoms with Crippen molar-refractivity contribution in [3.05, 3.63) is 29.8 Å². The number of nitrogens with two attached hydrogens (primary N) is 1. The summed E-state index contributed by atoms with van der Waals surface area (Å²) in [7, 11) is 0. The second-order valence-corrected chi connectivity index (χ2v) is 3.09. The molecule has 0 saturated carbocycles. The van der Waals surface area contributed by atoms with Crippen molar-refractivity contribution in [3.63, 3.8) is 0 Å². The minimum atomic E-state index is -0.191. The fourth-order valence-corrected chi connectivity index (χ4v) is 1.17. The molecule has 90 valence electrons. The van der Waals surface area contributed by atoms with Gasteiger partial charge in [-0.15, -0.1) is 12.4 Å². The van der Waals surface area contributed by atoms with Crippen LogP contribution in [0.2, 0.25) is 0 Å². The van der Waals surface area contributed by atoms with Crippen LogP contribution in [0.15, 0.2) is 24.3 Å². The van der Waals surface area contributed by atoms with E-state index in [9.17, 15) is 4.79 Å². The van der Waals surface area contributed by atoms with Crippen molar-refractivity contribution in [1.29, 1.82) is 0 Å². The monoisotopic (exact) mass is 244 g/mol. The molecule has 4 nitrogen and oxygen atoms in total. The molecule has 0 aliphatic heterocycles. The van der Waals surface area contributed by atoms with E-state index in [0.29, 0.717) is 13.2 Å². The summed E-state index contributed by atoms with van der Waals surface area (Å²) in [5.41, 5.74) is 6.99. The molecule has 3 N–H and O–H groups in total. The van der Waals surface area contributed by atoms with Gasteiger partial charge in [-0.3, -0.25) is 4.79 Å². The van der Waals surface area contributed by atoms with Gasteiger partial charge in [0.15, 0.2) is 0 Å². The summed E-state index contributed by atoms with van der Waals surface area (Å²) in [6.07, 6.45) is 0. The van der Waals surface area contributed by atoms with Crippen molar-refractivity contribution in [3.8, 4) is 0 Å². The molecule has 0 aliphatic rings. The van der Waals surface area contributed by atoms with Gasteiger partial charge < -0.3 is 15.8 Å². The van der Waals surface area contributed by atoms with E-state index >= 15 is 0 Å². The van der Waals surface area contributed by atoms with Crippen LogP contribution in [0.4, 0.5) is 5.69 Å². The van der Waals surface area contributed by atoms with Gasteiger partial charge in [0.1, 0.15) is 0 Å². The Hall–Kier alpha value is -1.10. The fraction of sp³-hybridized carbons (Fsp3) is 0.364. The zero-order chi connectivity index (χ0) is 11.1. The standard InChI is InChI=1S/C11H16N2O2.ClH/c1-2-15-8-9-4-3-5-10(6-9)13-11(14)7-12;/h3-6H,2,7-8,12H2,1H3,(H,13,14);1H. The number of rotatable bonds is 5. The summed E-state index contributed by atoms with van der Waals surface area (Å²) >= 11 is 0. The quantitative estimate of drug-likeness (QED) is 0.826. The first-order valence-electron chi connectivity index (χ1n) is 4.93. The molecule has 0 unspecified atom stereocenters. The fourth-order valence-electron chi connectivity index (χ4n) is 1.17. The van der Waals surface area contributed by atoms with Gasteiger partial charge in [-0.1, -0.05) is 12.1 Å². The predicted molar refractivity (Wildman–Crippen MR) is 66.7 cm³/mol. The van der Waals surface area contributed by atoms with Crippen LogP contribution in [-0.2, 0) is 16.1 Å². The summed E-state index contributed by atoms with van der Waals surface area (Å²) in [5.74, 6) is -0.191. The summed E-state index contributed by atoms with van der Waals surface area (Å²) in [5, 5.41) is 2.69. The maximum absolute atomic E-state index is 11.0. The lowest BCUT2D eigenvalue weighted by molar-refractivity contribution is -0.114. The van der Waals surface area contributed by atoms with Crippen LogP contribution in [0.25, 0.3) is 0 Å². The third-order valence-electron chi connectivity index (χ3n) is 1.87. The van der Waals surface area contributed by atoms with Gasteiger partial charge in [0.25, 0.3) is 0 Å². The average Bonchev–Trinajstić information content (AvgIpc) is 2.26. The molecule has 0 atom stereocenters. The summed E-state index contributed by atoms with van der Waals surface area (Å²) < 4.78 is 5.27. The number of benzene rings is 1. The lowest BCUT2D eigenvalue weighted by Gasteiger charge is -2.06. The van der Waals surface area contributed by atoms with Gasteiger partial charge in [-0.05, 0) is 24.6 Å². The lowest BCUT2D eigenvalue weighted by Crippen LogP contribution is -2.21. The number of anilines is 1. The van der Waals surface area contributed by atoms with E-state index in [2.05, 4.69) is 5.32 Å². The van der Waals surface area contributed by atoms with Gasteiger partial charge in [-0.25, -0.2) is 0 Å². The van der Waals surface area contributed by atoms with Crippen LogP contribution in [0, 0.1) is 0 Å². The van der Waals surface area contributed by atoms with Crippen LogP contribution in [0.3, 0.4) is 0 Å². The highest BCUT2D eigenvalue weighted by atomic mass is 35.5. The number of halogens is 1. The molecular weight excluding hydrogens is 228 g/mol. The Kier molecular flexibility index (Phi) is 7.54. The molecule has 0 saturated heterocycles. The maximum Gasteiger partial charge on any atom is 0.238 e. The molecule has 5 heteroatoms. The van der Waals surface area contributed by atoms with E-state index in [1.54, 1.807) is 0 Å². The Bertz CT molecular complexity index is 332. The first kappa shape index (κ1) is 14.9. The largest absolute Gasteiger partial charge is 0.377 e. The van der Waals surface area contributed by atoms with Crippen LogP contribution >= 0.6 is 12.4 Å². The number of nitrogens with one attached hydrogen (secondary N) is 1. The SMILES string of the molecule is CCOCc1cccc(NC(=O)CN)c1.Cl. The van der Waals surface area contributed by atoms with Crippen LogP contribution in [0.5, 0.6) is 0 Å². The Labute approximate surface area is 102 Å². The highest BCUT2D eigenvalue weighted by Gasteiger charge is 1.99. The Morgan fingerprint density at radius 2 is 2.25 bits per heavy atom. The number of ether oxygens (including phenoxy) is 1. The van der Waals surface area contributed by atoms with E-state index in [1.807, 2.05) is 31.2 Å². The van der Waals surface area contributed by atoms with Gasteiger partial charge >= 0.3 is 0 Å². The number of amides is 1. The van der Waals surface area contributed by atoms with Crippen molar-refractivity contribution in [2.45, 2.75) is 13.5 Å². The first-order valence-corrected chi connectivity index (χ1v) is 4.93. The molecule has 0 bridgehead atoms. The maximum atomic E-state index is 11.0. The van der Waals surface area contributed by atoms with Crippen LogP contribution in [-0.4, -0.2) is 19.1 Å². The minimum Gasteiger partial charge on any atom is -0.377 e. The number of hydrogen-bond acceptors (Lipinski definition) is 3. The molecule has 0 fully saturated rings. The molecule has 0 aromatic heterocycles. The van der Waals surface area contributed by atoms with Crippen LogP contribution in [0.1, 0.15) is 12.5 Å². The number of hydrogen-bond donors (Lipinski definition) is 2. The Balaban J connectivity index is 0.00000225. The van der Waals surface area contributed by atoms with Gasteiger partial charge in [-0.2, -0.15) is 0 Å². The molecule has 1 amide bonds. The predicted octanol–water partition coefficient (Wildman–Crippen LogP) is 1.54. The average molecular weight is 245 g/mol. The van der Waals surface area contributed by atoms with E-state index in [1.165, 1.54) is 0 Å². The first-order chi connectivity index (χ1) is 7.26. The molecule has 0 radical (unpaired) electrons. The Morgan fingerprint density at radius 3 is 2.88 bits per heavy atom. The zero-order valence-corrected chi connectivity index (χ0v) is 10.0. The van der Waals surface area contributed by atoms with E-state index in [-0.39, 0.29) is 24.9 Å². The van der Waals surface area contributed by atoms with Crippen LogP contribution < -0.4 is 11.1 Å². The topological polar surface area (TPSA) is 64.3 Å². The van der Waals surface area contributed by atoms with Crippen molar-refractivity contribution in [2.24, 2.45) is 5.73 Å². The van der Waals surface area contributed by atoms with Gasteiger partial charge in [0.05, 0.1) is 13.2 Å². The molecule has 16 heavy (non-hydrogen) atoms. The second kappa shape index (κ2) is 8.10. The molecule has 0 heterocycles. The zero-order valence-electron chi connectivity index (χ0n) is 9.23. The third-order valence-corrected chi connectivity index (χ3v) is 1.87. The van der Waals surface area contributed by atoms with E-state index < -0.39 is 0 Å². The van der Waals surface area contributed by atoms with Gasteiger partial charge in [0, 0.05) is 12.3 Å². The van der Waals surface area contributed by atoms with E-state index in [4.69, 9.17) is 10.5 Å². The van der Waals surface area contributed by atoms with Crippen molar-refractivity contribution in [2.75, 3.05) is 18.5 Å². The highest BCUT2D eigenvalue weighted by Crippen LogP contribution is 2.11. The number of carbonyl (C=O) groups is 1. The highest BCUT2D eigenvalue weighted by molar-refractivity contribution is 5.92. The summed E-state index contributed by atoms with van der Waals surface area (Å²) in [6, 6.07) is 7.53. The molecule has 1 aromatic carbocycles.